The Morgan fingerprint density at radius 2 is 1.94 bits per heavy atom. The summed E-state index contributed by atoms with van der Waals surface area (Å²) in [6, 6.07) is 5.60. The molecule has 0 saturated heterocycles. The van der Waals surface area contributed by atoms with Gasteiger partial charge < -0.3 is 10.5 Å². The van der Waals surface area contributed by atoms with Crippen molar-refractivity contribution in [2.24, 2.45) is 5.73 Å². The van der Waals surface area contributed by atoms with Gasteiger partial charge in [0.1, 0.15) is 22.3 Å². The molecule has 0 aliphatic carbocycles. The molecule has 2 N–H and O–H groups in total. The normalized spacial score (nSPS) is 11.5. The second-order valence-electron chi connectivity index (χ2n) is 6.35. The van der Waals surface area contributed by atoms with E-state index in [-0.39, 0.29) is 16.9 Å². The molecule has 31 heavy (non-hydrogen) atoms. The van der Waals surface area contributed by atoms with Crippen LogP contribution in [0, 0.1) is 12.7 Å². The number of amides is 1. The number of hydrogen-bond donors (Lipinski definition) is 1. The first kappa shape index (κ1) is 22.8. The predicted molar refractivity (Wildman–Crippen MR) is 109 cm³/mol. The van der Waals surface area contributed by atoms with Gasteiger partial charge in [-0.25, -0.2) is 4.39 Å². The lowest BCUT2D eigenvalue weighted by atomic mass is 9.95. The standard InChI is InChI=1S/C20H14ClF4N3O2S/c1-9-5-11(22)3-4-14(9)30-18-12(19(26)29)7-13(21)17(20(23,24)25)16(18)10-6-15(31-2)28-27-8-10/h3-8H,1-2H3,(H2,26,29). The molecule has 1 aromatic heterocycles. The number of hydrogen-bond acceptors (Lipinski definition) is 5. The Hall–Kier alpha value is -2.85. The van der Waals surface area contributed by atoms with Crippen LogP contribution in [0.2, 0.25) is 5.02 Å². The molecule has 0 aliphatic heterocycles. The average molecular weight is 472 g/mol. The summed E-state index contributed by atoms with van der Waals surface area (Å²) in [4.78, 5) is 12.1. The van der Waals surface area contributed by atoms with E-state index in [0.29, 0.717) is 10.6 Å². The van der Waals surface area contributed by atoms with Crippen LogP contribution in [0.3, 0.4) is 0 Å². The van der Waals surface area contributed by atoms with Gasteiger partial charge in [0, 0.05) is 11.1 Å². The summed E-state index contributed by atoms with van der Waals surface area (Å²) in [5.41, 5.74) is 3.54. The summed E-state index contributed by atoms with van der Waals surface area (Å²) in [6.45, 7) is 1.50. The van der Waals surface area contributed by atoms with Gasteiger partial charge in [0.2, 0.25) is 0 Å². The first-order valence-corrected chi connectivity index (χ1v) is 10.2. The van der Waals surface area contributed by atoms with Crippen molar-refractivity contribution in [1.29, 1.82) is 0 Å². The van der Waals surface area contributed by atoms with Crippen LogP contribution in [0.25, 0.3) is 11.1 Å². The second kappa shape index (κ2) is 8.72. The molecule has 11 heteroatoms. The second-order valence-corrected chi connectivity index (χ2v) is 7.58. The van der Waals surface area contributed by atoms with Crippen molar-refractivity contribution < 1.29 is 27.1 Å². The number of benzene rings is 2. The predicted octanol–water partition coefficient (Wildman–Crippen LogP) is 5.88. The van der Waals surface area contributed by atoms with Crippen LogP contribution < -0.4 is 10.5 Å². The van der Waals surface area contributed by atoms with Crippen LogP contribution in [-0.2, 0) is 6.18 Å². The number of alkyl halides is 3. The lowest BCUT2D eigenvalue weighted by molar-refractivity contribution is -0.137. The van der Waals surface area contributed by atoms with Gasteiger partial charge in [0.05, 0.1) is 22.3 Å². The number of nitrogens with zero attached hydrogens (tertiary/aromatic N) is 2. The number of ether oxygens (including phenoxy) is 1. The number of carbonyl (C=O) groups is 1. The minimum Gasteiger partial charge on any atom is -0.456 e. The summed E-state index contributed by atoms with van der Waals surface area (Å²) >= 11 is 7.10. The number of rotatable bonds is 5. The zero-order chi connectivity index (χ0) is 22.9. The first-order valence-electron chi connectivity index (χ1n) is 8.57. The maximum absolute atomic E-state index is 14.0. The molecule has 2 aromatic carbocycles. The van der Waals surface area contributed by atoms with Gasteiger partial charge in [-0.15, -0.1) is 16.9 Å². The molecule has 1 amide bonds. The molecule has 162 valence electrons. The fourth-order valence-corrected chi connectivity index (χ4v) is 3.58. The van der Waals surface area contributed by atoms with Gasteiger partial charge in [0.15, 0.2) is 0 Å². The molecule has 0 fully saturated rings. The van der Waals surface area contributed by atoms with Crippen molar-refractivity contribution in [3.05, 3.63) is 64.1 Å². The van der Waals surface area contributed by atoms with Crippen molar-refractivity contribution in [2.75, 3.05) is 6.26 Å². The lowest BCUT2D eigenvalue weighted by Crippen LogP contribution is -2.17. The number of thioether (sulfide) groups is 1. The molecule has 0 spiro atoms. The van der Waals surface area contributed by atoms with E-state index < -0.39 is 39.8 Å². The molecule has 0 saturated carbocycles. The highest BCUT2D eigenvalue weighted by molar-refractivity contribution is 7.98. The van der Waals surface area contributed by atoms with Gasteiger partial charge in [-0.3, -0.25) is 4.79 Å². The number of nitrogens with two attached hydrogens (primary N) is 1. The van der Waals surface area contributed by atoms with E-state index >= 15 is 0 Å². The molecular formula is C20H14ClF4N3O2S. The van der Waals surface area contributed by atoms with Gasteiger partial charge in [-0.2, -0.15) is 18.3 Å². The number of carbonyl (C=O) groups excluding carboxylic acids is 1. The van der Waals surface area contributed by atoms with Crippen LogP contribution in [0.1, 0.15) is 21.5 Å². The molecule has 0 radical (unpaired) electrons. The van der Waals surface area contributed by atoms with Crippen LogP contribution in [0.4, 0.5) is 17.6 Å². The van der Waals surface area contributed by atoms with Crippen molar-refractivity contribution in [2.45, 2.75) is 18.1 Å². The zero-order valence-corrected chi connectivity index (χ0v) is 17.6. The fourth-order valence-electron chi connectivity index (χ4n) is 2.89. The van der Waals surface area contributed by atoms with Crippen molar-refractivity contribution in [3.63, 3.8) is 0 Å². The third-order valence-electron chi connectivity index (χ3n) is 4.26. The smallest absolute Gasteiger partial charge is 0.418 e. The highest BCUT2D eigenvalue weighted by Gasteiger charge is 2.40. The summed E-state index contributed by atoms with van der Waals surface area (Å²) < 4.78 is 61.2. The van der Waals surface area contributed by atoms with Gasteiger partial charge in [0.25, 0.3) is 5.91 Å². The highest BCUT2D eigenvalue weighted by Crippen LogP contribution is 2.49. The molecule has 0 aliphatic rings. The van der Waals surface area contributed by atoms with Crippen LogP contribution in [0.5, 0.6) is 11.5 Å². The molecule has 1 heterocycles. The molecule has 0 unspecified atom stereocenters. The quantitative estimate of drug-likeness (QED) is 0.371. The van der Waals surface area contributed by atoms with Gasteiger partial charge in [-0.05, 0) is 49.1 Å². The minimum atomic E-state index is -4.90. The van der Waals surface area contributed by atoms with E-state index in [1.165, 1.54) is 19.1 Å². The number of halogens is 5. The monoisotopic (exact) mass is 471 g/mol. The summed E-state index contributed by atoms with van der Waals surface area (Å²) in [6.07, 6.45) is -2.14. The van der Waals surface area contributed by atoms with E-state index in [1.807, 2.05) is 0 Å². The molecule has 3 rings (SSSR count). The SMILES string of the molecule is CSc1cc(-c2c(Oc3ccc(F)cc3C)c(C(N)=O)cc(Cl)c2C(F)(F)F)cnn1. The van der Waals surface area contributed by atoms with E-state index in [4.69, 9.17) is 22.1 Å². The Morgan fingerprint density at radius 1 is 1.23 bits per heavy atom. The van der Waals surface area contributed by atoms with Crippen molar-refractivity contribution >= 4 is 29.3 Å². The molecular weight excluding hydrogens is 458 g/mol. The topological polar surface area (TPSA) is 78.1 Å². The Kier molecular flexibility index (Phi) is 6.42. The van der Waals surface area contributed by atoms with Gasteiger partial charge in [-0.1, -0.05) is 11.6 Å². The van der Waals surface area contributed by atoms with E-state index in [2.05, 4.69) is 10.2 Å². The Labute approximate surface area is 183 Å². The van der Waals surface area contributed by atoms with Crippen LogP contribution >= 0.6 is 23.4 Å². The highest BCUT2D eigenvalue weighted by atomic mass is 35.5. The third-order valence-corrected chi connectivity index (χ3v) is 5.18. The first-order chi connectivity index (χ1) is 14.5. The summed E-state index contributed by atoms with van der Waals surface area (Å²) in [5.74, 6) is -2.05. The van der Waals surface area contributed by atoms with Crippen LogP contribution in [0.15, 0.2) is 41.6 Å². The summed E-state index contributed by atoms with van der Waals surface area (Å²) in [7, 11) is 0. The maximum Gasteiger partial charge on any atom is 0.418 e. The van der Waals surface area contributed by atoms with Crippen molar-refractivity contribution in [1.82, 2.24) is 10.2 Å². The number of aryl methyl sites for hydroxylation is 1. The molecule has 0 bridgehead atoms. The van der Waals surface area contributed by atoms with Crippen molar-refractivity contribution in [3.8, 4) is 22.6 Å². The number of aromatic nitrogens is 2. The fraction of sp³-hybridized carbons (Fsp3) is 0.150. The zero-order valence-electron chi connectivity index (χ0n) is 16.1. The summed E-state index contributed by atoms with van der Waals surface area (Å²) in [5, 5.41) is 7.15. The Morgan fingerprint density at radius 3 is 2.52 bits per heavy atom. The minimum absolute atomic E-state index is 0.0349. The van der Waals surface area contributed by atoms with Gasteiger partial charge >= 0.3 is 6.18 Å². The average Bonchev–Trinajstić information content (AvgIpc) is 2.69. The largest absolute Gasteiger partial charge is 0.456 e. The van der Waals surface area contributed by atoms with Crippen LogP contribution in [-0.4, -0.2) is 22.4 Å². The molecule has 3 aromatic rings. The Bertz CT molecular complexity index is 1170. The third kappa shape index (κ3) is 4.75. The number of primary amides is 1. The molecule has 5 nitrogen and oxygen atoms in total. The lowest BCUT2D eigenvalue weighted by Gasteiger charge is -2.21. The molecule has 0 atom stereocenters. The van der Waals surface area contributed by atoms with E-state index in [1.54, 1.807) is 6.26 Å². The maximum atomic E-state index is 14.0. The Balaban J connectivity index is 2.41. The van der Waals surface area contributed by atoms with E-state index in [0.717, 1.165) is 36.2 Å². The van der Waals surface area contributed by atoms with E-state index in [9.17, 15) is 22.4 Å².